The summed E-state index contributed by atoms with van der Waals surface area (Å²) < 4.78 is 26.9. The van der Waals surface area contributed by atoms with Gasteiger partial charge in [0.25, 0.3) is 0 Å². The van der Waals surface area contributed by atoms with Crippen LogP contribution in [0.1, 0.15) is 52.0 Å². The molecular formula is C17H21F2NO. The molecule has 2 rings (SSSR count). The molecule has 0 heterocycles. The van der Waals surface area contributed by atoms with Gasteiger partial charge in [-0.25, -0.2) is 8.78 Å². The summed E-state index contributed by atoms with van der Waals surface area (Å²) in [5, 5.41) is 20.6. The predicted octanol–water partition coefficient (Wildman–Crippen LogP) is 4.28. The monoisotopic (exact) mass is 293 g/mol. The van der Waals surface area contributed by atoms with E-state index in [4.69, 9.17) is 0 Å². The minimum Gasteiger partial charge on any atom is -0.384 e. The summed E-state index contributed by atoms with van der Waals surface area (Å²) in [4.78, 5) is 0. The third-order valence-electron chi connectivity index (χ3n) is 5.03. The van der Waals surface area contributed by atoms with Gasteiger partial charge in [-0.05, 0) is 55.7 Å². The molecule has 1 aromatic carbocycles. The van der Waals surface area contributed by atoms with Crippen LogP contribution >= 0.6 is 0 Å². The van der Waals surface area contributed by atoms with Gasteiger partial charge in [-0.3, -0.25) is 0 Å². The van der Waals surface area contributed by atoms with Crippen molar-refractivity contribution >= 4 is 0 Å². The number of nitriles is 1. The summed E-state index contributed by atoms with van der Waals surface area (Å²) in [6, 6.07) is 5.23. The van der Waals surface area contributed by atoms with Gasteiger partial charge in [0.2, 0.25) is 0 Å². The molecule has 0 aliphatic heterocycles. The summed E-state index contributed by atoms with van der Waals surface area (Å²) in [5.74, 6) is -1.48. The summed E-state index contributed by atoms with van der Waals surface area (Å²) in [6.45, 7) is 5.75. The largest absolute Gasteiger partial charge is 0.384 e. The number of halogens is 2. The SMILES string of the molecule is CC1(C)CCC(C#N)(C(C)(O)c2cc(F)cc(F)c2)CC1. The van der Waals surface area contributed by atoms with Crippen molar-refractivity contribution in [1.82, 2.24) is 0 Å². The molecule has 1 saturated carbocycles. The maximum absolute atomic E-state index is 13.4. The van der Waals surface area contributed by atoms with E-state index in [-0.39, 0.29) is 11.0 Å². The summed E-state index contributed by atoms with van der Waals surface area (Å²) in [7, 11) is 0. The fourth-order valence-electron chi connectivity index (χ4n) is 3.17. The number of aliphatic hydroxyl groups is 1. The average molecular weight is 293 g/mol. The third-order valence-corrected chi connectivity index (χ3v) is 5.03. The van der Waals surface area contributed by atoms with Crippen molar-refractivity contribution in [3.63, 3.8) is 0 Å². The molecule has 4 heteroatoms. The van der Waals surface area contributed by atoms with Crippen LogP contribution in [0, 0.1) is 33.8 Å². The molecule has 1 atom stereocenters. The number of nitrogens with zero attached hydrogens (tertiary/aromatic N) is 1. The van der Waals surface area contributed by atoms with Gasteiger partial charge in [-0.15, -0.1) is 0 Å². The Bertz CT molecular complexity index is 557. The van der Waals surface area contributed by atoms with Crippen molar-refractivity contribution in [2.75, 3.05) is 0 Å². The first-order chi connectivity index (χ1) is 9.62. The van der Waals surface area contributed by atoms with E-state index in [2.05, 4.69) is 19.9 Å². The van der Waals surface area contributed by atoms with Crippen LogP contribution in [0.3, 0.4) is 0 Å². The van der Waals surface area contributed by atoms with E-state index in [1.165, 1.54) is 6.92 Å². The van der Waals surface area contributed by atoms with Gasteiger partial charge in [0.1, 0.15) is 17.2 Å². The Morgan fingerprint density at radius 1 is 1.10 bits per heavy atom. The Balaban J connectivity index is 2.43. The lowest BCUT2D eigenvalue weighted by atomic mass is 9.58. The molecule has 1 fully saturated rings. The van der Waals surface area contributed by atoms with Crippen LogP contribution in [0.15, 0.2) is 18.2 Å². The first-order valence-electron chi connectivity index (χ1n) is 7.22. The van der Waals surface area contributed by atoms with Crippen molar-refractivity contribution in [2.45, 2.75) is 52.1 Å². The average Bonchev–Trinajstić information content (AvgIpc) is 2.38. The molecule has 0 radical (unpaired) electrons. The van der Waals surface area contributed by atoms with E-state index in [0.29, 0.717) is 12.8 Å². The van der Waals surface area contributed by atoms with Crippen molar-refractivity contribution in [1.29, 1.82) is 5.26 Å². The summed E-state index contributed by atoms with van der Waals surface area (Å²) >= 11 is 0. The second-order valence-electron chi connectivity index (χ2n) is 7.09. The fourth-order valence-corrected chi connectivity index (χ4v) is 3.17. The van der Waals surface area contributed by atoms with E-state index in [1.807, 2.05) is 0 Å². The molecule has 21 heavy (non-hydrogen) atoms. The predicted molar refractivity (Wildman–Crippen MR) is 76.2 cm³/mol. The Hall–Kier alpha value is -1.47. The quantitative estimate of drug-likeness (QED) is 0.884. The second-order valence-corrected chi connectivity index (χ2v) is 7.09. The van der Waals surface area contributed by atoms with E-state index in [1.54, 1.807) is 0 Å². The summed E-state index contributed by atoms with van der Waals surface area (Å²) in [6.07, 6.45) is 2.63. The maximum Gasteiger partial charge on any atom is 0.126 e. The standard InChI is InChI=1S/C17H21F2NO/c1-15(2)4-6-17(11-20,7-5-15)16(3,21)12-8-13(18)10-14(19)9-12/h8-10,21H,4-7H2,1-3H3. The number of rotatable bonds is 2. The summed E-state index contributed by atoms with van der Waals surface area (Å²) in [5.41, 5.74) is -2.34. The fraction of sp³-hybridized carbons (Fsp3) is 0.588. The second kappa shape index (κ2) is 5.06. The van der Waals surface area contributed by atoms with Crippen LogP contribution in [0.2, 0.25) is 0 Å². The third kappa shape index (κ3) is 2.80. The molecule has 0 saturated heterocycles. The zero-order valence-corrected chi connectivity index (χ0v) is 12.7. The molecule has 1 N–H and O–H groups in total. The minimum absolute atomic E-state index is 0.126. The highest BCUT2D eigenvalue weighted by Crippen LogP contribution is 2.53. The van der Waals surface area contributed by atoms with Gasteiger partial charge in [0.15, 0.2) is 0 Å². The molecule has 114 valence electrons. The highest BCUT2D eigenvalue weighted by atomic mass is 19.1. The Labute approximate surface area is 124 Å². The van der Waals surface area contributed by atoms with Crippen LogP contribution in [0.5, 0.6) is 0 Å². The number of benzene rings is 1. The molecule has 1 unspecified atom stereocenters. The Morgan fingerprint density at radius 2 is 1.57 bits per heavy atom. The van der Waals surface area contributed by atoms with Crippen molar-refractivity contribution in [3.8, 4) is 6.07 Å². The van der Waals surface area contributed by atoms with Gasteiger partial charge < -0.3 is 5.11 Å². The van der Waals surface area contributed by atoms with Crippen LogP contribution in [-0.2, 0) is 5.60 Å². The molecule has 1 aliphatic rings. The molecule has 0 aromatic heterocycles. The van der Waals surface area contributed by atoms with Gasteiger partial charge in [0.05, 0.1) is 11.5 Å². The molecule has 0 bridgehead atoms. The van der Waals surface area contributed by atoms with Crippen LogP contribution in [0.25, 0.3) is 0 Å². The van der Waals surface area contributed by atoms with Gasteiger partial charge >= 0.3 is 0 Å². The Morgan fingerprint density at radius 3 is 2.00 bits per heavy atom. The molecule has 2 nitrogen and oxygen atoms in total. The maximum atomic E-state index is 13.4. The Kier molecular flexibility index (Phi) is 3.84. The molecule has 0 spiro atoms. The molecular weight excluding hydrogens is 272 g/mol. The highest BCUT2D eigenvalue weighted by molar-refractivity contribution is 5.30. The van der Waals surface area contributed by atoms with Crippen LogP contribution < -0.4 is 0 Å². The molecule has 1 aromatic rings. The lowest BCUT2D eigenvalue weighted by molar-refractivity contribution is -0.0776. The van der Waals surface area contributed by atoms with Crippen molar-refractivity contribution < 1.29 is 13.9 Å². The smallest absolute Gasteiger partial charge is 0.126 e. The van der Waals surface area contributed by atoms with Crippen LogP contribution in [-0.4, -0.2) is 5.11 Å². The number of hydrogen-bond acceptors (Lipinski definition) is 2. The first kappa shape index (κ1) is 15.9. The topological polar surface area (TPSA) is 44.0 Å². The van der Waals surface area contributed by atoms with E-state index in [0.717, 1.165) is 31.0 Å². The lowest BCUT2D eigenvalue weighted by Gasteiger charge is -2.47. The molecule has 1 aliphatic carbocycles. The highest BCUT2D eigenvalue weighted by Gasteiger charge is 2.51. The normalized spacial score (nSPS) is 23.1. The first-order valence-corrected chi connectivity index (χ1v) is 7.22. The van der Waals surface area contributed by atoms with E-state index in [9.17, 15) is 19.1 Å². The lowest BCUT2D eigenvalue weighted by Crippen LogP contribution is -2.46. The van der Waals surface area contributed by atoms with E-state index >= 15 is 0 Å². The zero-order valence-electron chi connectivity index (χ0n) is 12.7. The van der Waals surface area contributed by atoms with Crippen molar-refractivity contribution in [3.05, 3.63) is 35.4 Å². The molecule has 0 amide bonds. The van der Waals surface area contributed by atoms with Crippen LogP contribution in [0.4, 0.5) is 8.78 Å². The van der Waals surface area contributed by atoms with Gasteiger partial charge in [-0.2, -0.15) is 5.26 Å². The van der Waals surface area contributed by atoms with Gasteiger partial charge in [0, 0.05) is 6.07 Å². The van der Waals surface area contributed by atoms with Gasteiger partial charge in [-0.1, -0.05) is 13.8 Å². The zero-order chi connectivity index (χ0) is 15.9. The number of hydrogen-bond donors (Lipinski definition) is 1. The van der Waals surface area contributed by atoms with Crippen molar-refractivity contribution in [2.24, 2.45) is 10.8 Å². The van der Waals surface area contributed by atoms with E-state index < -0.39 is 22.7 Å². The minimum atomic E-state index is -1.58.